The van der Waals surface area contributed by atoms with Gasteiger partial charge in [0.15, 0.2) is 0 Å². The predicted molar refractivity (Wildman–Crippen MR) is 87.5 cm³/mol. The molecule has 6 nitrogen and oxygen atoms in total. The fraction of sp³-hybridized carbons (Fsp3) is 0.412. The normalized spacial score (nSPS) is 12.3. The first-order valence-corrected chi connectivity index (χ1v) is 7.58. The summed E-state index contributed by atoms with van der Waals surface area (Å²) in [5.74, 6) is -0.702. The van der Waals surface area contributed by atoms with E-state index < -0.39 is 12.0 Å². The van der Waals surface area contributed by atoms with Gasteiger partial charge in [-0.2, -0.15) is 0 Å². The van der Waals surface area contributed by atoms with Crippen LogP contribution in [0.2, 0.25) is 0 Å². The Labute approximate surface area is 135 Å². The number of nitrogens with zero attached hydrogens (tertiary/aromatic N) is 1. The number of rotatable bonds is 7. The lowest BCUT2D eigenvalue weighted by Crippen LogP contribution is -2.44. The molecule has 0 aliphatic carbocycles. The molecule has 2 rings (SSSR count). The first-order valence-electron chi connectivity index (χ1n) is 7.58. The third kappa shape index (κ3) is 3.83. The van der Waals surface area contributed by atoms with Crippen molar-refractivity contribution in [3.8, 4) is 5.75 Å². The van der Waals surface area contributed by atoms with E-state index in [9.17, 15) is 9.59 Å². The first kappa shape index (κ1) is 16.9. The van der Waals surface area contributed by atoms with Gasteiger partial charge >= 0.3 is 5.97 Å². The molecule has 6 heteroatoms. The summed E-state index contributed by atoms with van der Waals surface area (Å²) in [5, 5.41) is 12.7. The molecule has 1 amide bonds. The van der Waals surface area contributed by atoms with Crippen LogP contribution >= 0.6 is 0 Å². The molecule has 1 heterocycles. The van der Waals surface area contributed by atoms with Crippen LogP contribution < -0.4 is 10.1 Å². The highest BCUT2D eigenvalue weighted by Gasteiger charge is 2.23. The molecule has 124 valence electrons. The average Bonchev–Trinajstić information content (AvgIpc) is 2.93. The number of carbonyl (C=O) groups excluding carboxylic acids is 1. The van der Waals surface area contributed by atoms with Gasteiger partial charge in [0.2, 0.25) is 5.91 Å². The van der Waals surface area contributed by atoms with E-state index in [2.05, 4.69) is 5.32 Å². The molecule has 0 aliphatic rings. The number of methoxy groups -OCH3 is 1. The number of aryl methyl sites for hydroxylation is 1. The summed E-state index contributed by atoms with van der Waals surface area (Å²) in [6.45, 7) is 3.99. The summed E-state index contributed by atoms with van der Waals surface area (Å²) in [7, 11) is 1.61. The second-order valence-electron chi connectivity index (χ2n) is 5.78. The minimum atomic E-state index is -1.01. The molecule has 1 aromatic carbocycles. The zero-order valence-corrected chi connectivity index (χ0v) is 13.6. The highest BCUT2D eigenvalue weighted by molar-refractivity contribution is 5.86. The Bertz CT molecular complexity index is 706. The molecule has 2 N–H and O–H groups in total. The van der Waals surface area contributed by atoms with Crippen molar-refractivity contribution in [2.45, 2.75) is 32.9 Å². The summed E-state index contributed by atoms with van der Waals surface area (Å²) < 4.78 is 7.30. The second kappa shape index (κ2) is 7.17. The summed E-state index contributed by atoms with van der Waals surface area (Å²) in [4.78, 5) is 23.2. The van der Waals surface area contributed by atoms with Crippen molar-refractivity contribution in [3.63, 3.8) is 0 Å². The maximum atomic E-state index is 12.0. The minimum Gasteiger partial charge on any atom is -0.495 e. The van der Waals surface area contributed by atoms with Crippen LogP contribution in [0.1, 0.15) is 20.3 Å². The number of carbonyl (C=O) groups is 2. The van der Waals surface area contributed by atoms with Crippen molar-refractivity contribution in [2.75, 3.05) is 7.11 Å². The van der Waals surface area contributed by atoms with Crippen LogP contribution in [0.15, 0.2) is 30.5 Å². The summed E-state index contributed by atoms with van der Waals surface area (Å²) in [6.07, 6.45) is 2.11. The Hall–Kier alpha value is -2.50. The lowest BCUT2D eigenvalue weighted by molar-refractivity contribution is -0.143. The minimum absolute atomic E-state index is 0.163. The number of benzene rings is 1. The number of ether oxygens (including phenoxy) is 1. The van der Waals surface area contributed by atoms with E-state index in [4.69, 9.17) is 9.84 Å². The van der Waals surface area contributed by atoms with Crippen LogP contribution in [0.4, 0.5) is 0 Å². The van der Waals surface area contributed by atoms with Crippen molar-refractivity contribution in [1.29, 1.82) is 0 Å². The van der Waals surface area contributed by atoms with Gasteiger partial charge in [-0.05, 0) is 18.1 Å². The number of aliphatic carboxylic acids is 1. The number of carboxylic acid groups (broad SMARTS) is 1. The summed E-state index contributed by atoms with van der Waals surface area (Å²) >= 11 is 0. The smallest absolute Gasteiger partial charge is 0.326 e. The second-order valence-corrected chi connectivity index (χ2v) is 5.78. The summed E-state index contributed by atoms with van der Waals surface area (Å²) in [6, 6.07) is 6.87. The SMILES string of the molecule is COc1cccc2ccn(CCC(=O)NC(C(=O)O)C(C)C)c12. The molecule has 1 aromatic heterocycles. The Morgan fingerprint density at radius 2 is 2.04 bits per heavy atom. The average molecular weight is 318 g/mol. The fourth-order valence-corrected chi connectivity index (χ4v) is 2.56. The quantitative estimate of drug-likeness (QED) is 0.820. The third-order valence-corrected chi connectivity index (χ3v) is 3.80. The molecular formula is C17H22N2O4. The van der Waals surface area contributed by atoms with Gasteiger partial charge in [-0.25, -0.2) is 4.79 Å². The molecular weight excluding hydrogens is 296 g/mol. The van der Waals surface area contributed by atoms with Gasteiger partial charge in [0.1, 0.15) is 11.8 Å². The van der Waals surface area contributed by atoms with Crippen molar-refractivity contribution < 1.29 is 19.4 Å². The van der Waals surface area contributed by atoms with E-state index in [1.54, 1.807) is 21.0 Å². The third-order valence-electron chi connectivity index (χ3n) is 3.80. The maximum Gasteiger partial charge on any atom is 0.326 e. The number of amides is 1. The maximum absolute atomic E-state index is 12.0. The van der Waals surface area contributed by atoms with Crippen molar-refractivity contribution >= 4 is 22.8 Å². The van der Waals surface area contributed by atoms with E-state index in [1.165, 1.54) is 0 Å². The molecule has 0 bridgehead atoms. The molecule has 0 radical (unpaired) electrons. The molecule has 0 spiro atoms. The van der Waals surface area contributed by atoms with Gasteiger partial charge in [0.05, 0.1) is 12.6 Å². The highest BCUT2D eigenvalue weighted by atomic mass is 16.5. The number of para-hydroxylation sites is 1. The Morgan fingerprint density at radius 3 is 2.65 bits per heavy atom. The van der Waals surface area contributed by atoms with Crippen molar-refractivity contribution in [3.05, 3.63) is 30.5 Å². The molecule has 1 unspecified atom stereocenters. The van der Waals surface area contributed by atoms with E-state index in [0.29, 0.717) is 6.54 Å². The van der Waals surface area contributed by atoms with Crippen molar-refractivity contribution in [2.24, 2.45) is 5.92 Å². The van der Waals surface area contributed by atoms with Gasteiger partial charge in [-0.3, -0.25) is 4.79 Å². The van der Waals surface area contributed by atoms with Gasteiger partial charge in [-0.15, -0.1) is 0 Å². The van der Waals surface area contributed by atoms with E-state index >= 15 is 0 Å². The fourth-order valence-electron chi connectivity index (χ4n) is 2.56. The van der Waals surface area contributed by atoms with Crippen molar-refractivity contribution in [1.82, 2.24) is 9.88 Å². The van der Waals surface area contributed by atoms with Crippen LogP contribution in [0.3, 0.4) is 0 Å². The highest BCUT2D eigenvalue weighted by Crippen LogP contribution is 2.26. The molecule has 23 heavy (non-hydrogen) atoms. The Balaban J connectivity index is 2.06. The van der Waals surface area contributed by atoms with Gasteiger partial charge in [0.25, 0.3) is 0 Å². The lowest BCUT2D eigenvalue weighted by Gasteiger charge is -2.18. The Morgan fingerprint density at radius 1 is 1.30 bits per heavy atom. The molecule has 0 saturated carbocycles. The zero-order valence-electron chi connectivity index (χ0n) is 13.6. The predicted octanol–water partition coefficient (Wildman–Crippen LogP) is 2.27. The number of fused-ring (bicyclic) bond motifs is 1. The van der Waals surface area contributed by atoms with Crippen LogP contribution in [0.25, 0.3) is 10.9 Å². The largest absolute Gasteiger partial charge is 0.495 e. The van der Waals surface area contributed by atoms with Gasteiger partial charge in [-0.1, -0.05) is 26.0 Å². The molecule has 0 fully saturated rings. The van der Waals surface area contributed by atoms with Crippen LogP contribution in [0.5, 0.6) is 5.75 Å². The molecule has 2 aromatic rings. The number of carboxylic acids is 1. The number of hydrogen-bond donors (Lipinski definition) is 2. The van der Waals surface area contributed by atoms with E-state index in [-0.39, 0.29) is 18.2 Å². The summed E-state index contributed by atoms with van der Waals surface area (Å²) in [5.41, 5.74) is 0.932. The van der Waals surface area contributed by atoms with Crippen LogP contribution in [-0.2, 0) is 16.1 Å². The molecule has 0 aliphatic heterocycles. The zero-order chi connectivity index (χ0) is 17.0. The number of hydrogen-bond acceptors (Lipinski definition) is 3. The monoisotopic (exact) mass is 318 g/mol. The van der Waals surface area contributed by atoms with Crippen LogP contribution in [0, 0.1) is 5.92 Å². The topological polar surface area (TPSA) is 80.6 Å². The van der Waals surface area contributed by atoms with Gasteiger partial charge in [0, 0.05) is 24.5 Å². The first-order chi connectivity index (χ1) is 10.9. The van der Waals surface area contributed by atoms with E-state index in [1.807, 2.05) is 35.0 Å². The number of nitrogens with one attached hydrogen (secondary N) is 1. The molecule has 0 saturated heterocycles. The van der Waals surface area contributed by atoms with E-state index in [0.717, 1.165) is 16.7 Å². The number of aromatic nitrogens is 1. The molecule has 1 atom stereocenters. The lowest BCUT2D eigenvalue weighted by atomic mass is 10.0. The van der Waals surface area contributed by atoms with Crippen LogP contribution in [-0.4, -0.2) is 34.7 Å². The van der Waals surface area contributed by atoms with Gasteiger partial charge < -0.3 is 19.7 Å². The standard InChI is InChI=1S/C17H22N2O4/c1-11(2)15(17(21)22)18-14(20)8-10-19-9-7-12-5-4-6-13(23-3)16(12)19/h4-7,9,11,15H,8,10H2,1-3H3,(H,18,20)(H,21,22). The Kier molecular flexibility index (Phi) is 5.26.